The smallest absolute Gasteiger partial charge is 0.186 e. The summed E-state index contributed by atoms with van der Waals surface area (Å²) in [5.74, 6) is 6.36. The van der Waals surface area contributed by atoms with Crippen LogP contribution in [0.15, 0.2) is 0 Å². The van der Waals surface area contributed by atoms with Crippen molar-refractivity contribution in [1.82, 2.24) is 4.90 Å². The van der Waals surface area contributed by atoms with E-state index in [-0.39, 0.29) is 29.6 Å². The maximum absolute atomic E-state index is 10.4. The van der Waals surface area contributed by atoms with Gasteiger partial charge in [0.2, 0.25) is 0 Å². The van der Waals surface area contributed by atoms with E-state index >= 15 is 0 Å². The van der Waals surface area contributed by atoms with Gasteiger partial charge in [-0.05, 0) is 46.7 Å². The van der Waals surface area contributed by atoms with Gasteiger partial charge < -0.3 is 19.5 Å². The number of hydrogen-bond acceptors (Lipinski definition) is 4. The molecule has 4 unspecified atom stereocenters. The summed E-state index contributed by atoms with van der Waals surface area (Å²) in [5, 5.41) is 10.4. The molecule has 1 N–H and O–H groups in total. The molecule has 0 aliphatic carbocycles. The molecule has 22 heavy (non-hydrogen) atoms. The van der Waals surface area contributed by atoms with E-state index in [1.807, 2.05) is 25.9 Å². The summed E-state index contributed by atoms with van der Waals surface area (Å²) in [5.41, 5.74) is 0.00719. The lowest BCUT2D eigenvalue weighted by molar-refractivity contribution is -0.247. The molecular formula is C18H33NO3. The van der Waals surface area contributed by atoms with Crippen molar-refractivity contribution in [2.24, 2.45) is 10.8 Å². The first kappa shape index (κ1) is 19.4. The third kappa shape index (κ3) is 4.96. The van der Waals surface area contributed by atoms with Gasteiger partial charge in [-0.1, -0.05) is 32.6 Å². The fourth-order valence-electron chi connectivity index (χ4n) is 2.25. The Labute approximate surface area is 136 Å². The lowest BCUT2D eigenvalue weighted by Gasteiger charge is -2.40. The summed E-state index contributed by atoms with van der Waals surface area (Å²) in [4.78, 5) is 2.02. The van der Waals surface area contributed by atoms with Gasteiger partial charge >= 0.3 is 0 Å². The zero-order chi connectivity index (χ0) is 17.1. The maximum Gasteiger partial charge on any atom is 0.186 e. The van der Waals surface area contributed by atoms with E-state index < -0.39 is 12.4 Å². The normalized spacial score (nSPS) is 30.1. The molecule has 0 amide bonds. The van der Waals surface area contributed by atoms with Crippen LogP contribution in [0.25, 0.3) is 0 Å². The van der Waals surface area contributed by atoms with E-state index in [1.54, 1.807) is 0 Å². The molecule has 1 rings (SSSR count). The fraction of sp³-hybridized carbons (Fsp3) is 0.889. The first-order chi connectivity index (χ1) is 9.95. The second-order valence-electron chi connectivity index (χ2n) is 8.06. The van der Waals surface area contributed by atoms with Crippen molar-refractivity contribution in [1.29, 1.82) is 0 Å². The van der Waals surface area contributed by atoms with Gasteiger partial charge in [0.1, 0.15) is 12.7 Å². The molecule has 0 aromatic heterocycles. The third-order valence-electron chi connectivity index (χ3n) is 4.87. The molecule has 0 radical (unpaired) electrons. The van der Waals surface area contributed by atoms with Crippen molar-refractivity contribution in [2.45, 2.75) is 72.5 Å². The van der Waals surface area contributed by atoms with Gasteiger partial charge in [-0.15, -0.1) is 0 Å². The van der Waals surface area contributed by atoms with Crippen molar-refractivity contribution in [3.05, 3.63) is 0 Å². The maximum atomic E-state index is 10.4. The molecule has 1 fully saturated rings. The van der Waals surface area contributed by atoms with Crippen molar-refractivity contribution in [2.75, 3.05) is 20.7 Å². The second-order valence-corrected chi connectivity index (χ2v) is 8.06. The predicted octanol–water partition coefficient (Wildman–Crippen LogP) is 2.50. The Morgan fingerprint density at radius 2 is 1.82 bits per heavy atom. The minimum atomic E-state index is -0.649. The van der Waals surface area contributed by atoms with E-state index in [0.717, 1.165) is 6.42 Å². The number of aliphatic hydroxyl groups is 1. The van der Waals surface area contributed by atoms with Gasteiger partial charge in [-0.3, -0.25) is 0 Å². The second kappa shape index (κ2) is 7.31. The Kier molecular flexibility index (Phi) is 6.46. The summed E-state index contributed by atoms with van der Waals surface area (Å²) < 4.78 is 11.4. The molecule has 4 nitrogen and oxygen atoms in total. The lowest BCUT2D eigenvalue weighted by Crippen LogP contribution is -2.54. The Morgan fingerprint density at radius 1 is 1.23 bits per heavy atom. The standard InChI is InChI=1S/C18H33NO3/c1-13-12-14(19(7)8)15(20)16(22-13)21-11-9-10-18(5,6)17(2,3)4/h13-16,20H,11-12H2,1-8H3. The zero-order valence-electron chi connectivity index (χ0n) is 15.4. The van der Waals surface area contributed by atoms with E-state index in [2.05, 4.69) is 46.5 Å². The molecule has 1 aliphatic heterocycles. The van der Waals surface area contributed by atoms with Gasteiger partial charge in [0.15, 0.2) is 6.29 Å². The molecule has 1 heterocycles. The molecule has 0 aromatic carbocycles. The number of nitrogens with zero attached hydrogens (tertiary/aromatic N) is 1. The molecule has 0 saturated carbocycles. The fourth-order valence-corrected chi connectivity index (χ4v) is 2.25. The van der Waals surface area contributed by atoms with Crippen molar-refractivity contribution >= 4 is 0 Å². The highest BCUT2D eigenvalue weighted by atomic mass is 16.7. The van der Waals surface area contributed by atoms with Gasteiger partial charge in [-0.2, -0.15) is 0 Å². The van der Waals surface area contributed by atoms with Crippen LogP contribution in [-0.2, 0) is 9.47 Å². The Balaban J connectivity index is 2.61. The highest BCUT2D eigenvalue weighted by Gasteiger charge is 2.37. The summed E-state index contributed by atoms with van der Waals surface area (Å²) in [6.45, 7) is 13.1. The van der Waals surface area contributed by atoms with E-state index in [9.17, 15) is 5.11 Å². The highest BCUT2D eigenvalue weighted by molar-refractivity contribution is 5.13. The first-order valence-electron chi connectivity index (χ1n) is 8.07. The molecule has 4 heteroatoms. The van der Waals surface area contributed by atoms with E-state index in [4.69, 9.17) is 9.47 Å². The third-order valence-corrected chi connectivity index (χ3v) is 4.87. The highest BCUT2D eigenvalue weighted by Crippen LogP contribution is 2.36. The van der Waals surface area contributed by atoms with Crippen LogP contribution in [0, 0.1) is 22.7 Å². The van der Waals surface area contributed by atoms with Crippen LogP contribution in [0.3, 0.4) is 0 Å². The van der Waals surface area contributed by atoms with Crippen LogP contribution in [-0.4, -0.2) is 55.2 Å². The average Bonchev–Trinajstić information content (AvgIpc) is 2.36. The molecular weight excluding hydrogens is 278 g/mol. The molecule has 0 aromatic rings. The molecule has 1 saturated heterocycles. The SMILES string of the molecule is CC1CC(N(C)C)C(O)C(OCC#CC(C)(C)C(C)(C)C)O1. The van der Waals surface area contributed by atoms with Crippen LogP contribution in [0.5, 0.6) is 0 Å². The van der Waals surface area contributed by atoms with Crippen LogP contribution < -0.4 is 0 Å². The number of likely N-dealkylation sites (N-methyl/N-ethyl adjacent to an activating group) is 1. The Hall–Kier alpha value is -0.600. The number of ether oxygens (including phenoxy) is 2. The largest absolute Gasteiger partial charge is 0.386 e. The van der Waals surface area contributed by atoms with Crippen molar-refractivity contribution < 1.29 is 14.6 Å². The molecule has 0 bridgehead atoms. The van der Waals surface area contributed by atoms with E-state index in [0.29, 0.717) is 0 Å². The number of rotatable bonds is 3. The molecule has 1 aliphatic rings. The minimum Gasteiger partial charge on any atom is -0.386 e. The van der Waals surface area contributed by atoms with Crippen LogP contribution in [0.2, 0.25) is 0 Å². The van der Waals surface area contributed by atoms with Gasteiger partial charge in [0.25, 0.3) is 0 Å². The monoisotopic (exact) mass is 311 g/mol. The summed E-state index contributed by atoms with van der Waals surface area (Å²) in [7, 11) is 3.93. The number of hydrogen-bond donors (Lipinski definition) is 1. The van der Waals surface area contributed by atoms with Crippen molar-refractivity contribution in [3.63, 3.8) is 0 Å². The predicted molar refractivity (Wildman–Crippen MR) is 89.4 cm³/mol. The topological polar surface area (TPSA) is 41.9 Å². The van der Waals surface area contributed by atoms with Gasteiger partial charge in [0.05, 0.1) is 6.10 Å². The number of aliphatic hydroxyl groups excluding tert-OH is 1. The van der Waals surface area contributed by atoms with Gasteiger partial charge in [0, 0.05) is 11.5 Å². The Bertz CT molecular complexity index is 414. The Morgan fingerprint density at radius 3 is 2.32 bits per heavy atom. The molecule has 4 atom stereocenters. The lowest BCUT2D eigenvalue weighted by atomic mass is 9.70. The van der Waals surface area contributed by atoms with Crippen LogP contribution in [0.1, 0.15) is 48.0 Å². The quantitative estimate of drug-likeness (QED) is 0.813. The van der Waals surface area contributed by atoms with E-state index in [1.165, 1.54) is 0 Å². The molecule has 128 valence electrons. The minimum absolute atomic E-state index is 0.0488. The zero-order valence-corrected chi connectivity index (χ0v) is 15.4. The van der Waals surface area contributed by atoms with Crippen molar-refractivity contribution in [3.8, 4) is 11.8 Å². The first-order valence-corrected chi connectivity index (χ1v) is 8.07. The van der Waals surface area contributed by atoms with Crippen LogP contribution >= 0.6 is 0 Å². The van der Waals surface area contributed by atoms with Gasteiger partial charge in [-0.25, -0.2) is 0 Å². The summed E-state index contributed by atoms with van der Waals surface area (Å²) in [6, 6.07) is 0.0488. The summed E-state index contributed by atoms with van der Waals surface area (Å²) >= 11 is 0. The average molecular weight is 311 g/mol. The molecule has 0 spiro atoms. The van der Waals surface area contributed by atoms with Crippen LogP contribution in [0.4, 0.5) is 0 Å². The summed E-state index contributed by atoms with van der Waals surface area (Å²) in [6.07, 6.45) is -0.386.